The first-order valence-corrected chi connectivity index (χ1v) is 4.12. The van der Waals surface area contributed by atoms with Crippen molar-refractivity contribution < 1.29 is 9.84 Å². The van der Waals surface area contributed by atoms with Crippen LogP contribution in [0.1, 0.15) is 26.7 Å². The van der Waals surface area contributed by atoms with Gasteiger partial charge in [0, 0.05) is 19.8 Å². The number of aliphatic hydroxyl groups excluding tert-OH is 1. The molecule has 62 valence electrons. The average Bonchev–Trinajstić information content (AvgIpc) is 2.10. The maximum Gasteiger partial charge on any atom is 0.0469 e. The van der Waals surface area contributed by atoms with Crippen LogP contribution >= 0.6 is 0 Å². The van der Waals surface area contributed by atoms with Crippen LogP contribution in [0.5, 0.6) is 0 Å². The Kier molecular flexibility index (Phi) is 6.98. The van der Waals surface area contributed by atoms with Gasteiger partial charge in [0.05, 0.1) is 0 Å². The van der Waals surface area contributed by atoms with Gasteiger partial charge >= 0.3 is 0 Å². The van der Waals surface area contributed by atoms with E-state index in [-0.39, 0.29) is 0 Å². The Balaban J connectivity index is 0.000000371. The SMILES string of the molecule is CC.OCC1CCOCC1. The molecule has 0 amide bonds. The molecule has 2 heteroatoms. The number of ether oxygens (including phenoxy) is 1. The smallest absolute Gasteiger partial charge is 0.0469 e. The van der Waals surface area contributed by atoms with Gasteiger partial charge in [-0.1, -0.05) is 13.8 Å². The predicted octanol–water partition coefficient (Wildman–Crippen LogP) is 1.43. The Morgan fingerprint density at radius 1 is 1.30 bits per heavy atom. The van der Waals surface area contributed by atoms with E-state index in [0.29, 0.717) is 12.5 Å². The first-order valence-electron chi connectivity index (χ1n) is 4.12. The summed E-state index contributed by atoms with van der Waals surface area (Å²) in [6.07, 6.45) is 2.08. The van der Waals surface area contributed by atoms with Gasteiger partial charge < -0.3 is 9.84 Å². The zero-order valence-corrected chi connectivity index (χ0v) is 6.97. The molecule has 0 saturated carbocycles. The van der Waals surface area contributed by atoms with Crippen LogP contribution in [-0.4, -0.2) is 24.9 Å². The van der Waals surface area contributed by atoms with Crippen LogP contribution in [0.25, 0.3) is 0 Å². The largest absolute Gasteiger partial charge is 0.396 e. The van der Waals surface area contributed by atoms with Crippen molar-refractivity contribution in [2.24, 2.45) is 5.92 Å². The molecule has 0 aromatic heterocycles. The minimum absolute atomic E-state index is 0.337. The van der Waals surface area contributed by atoms with E-state index < -0.39 is 0 Å². The molecule has 1 aliphatic rings. The molecule has 1 aliphatic heterocycles. The van der Waals surface area contributed by atoms with Gasteiger partial charge in [0.15, 0.2) is 0 Å². The third-order valence-corrected chi connectivity index (χ3v) is 1.60. The Labute approximate surface area is 63.2 Å². The molecule has 1 fully saturated rings. The molecule has 0 radical (unpaired) electrons. The molecule has 1 N–H and O–H groups in total. The summed E-state index contributed by atoms with van der Waals surface area (Å²) in [5, 5.41) is 8.64. The van der Waals surface area contributed by atoms with Crippen LogP contribution in [0.2, 0.25) is 0 Å². The monoisotopic (exact) mass is 146 g/mol. The molecule has 0 aromatic carbocycles. The molecule has 0 bridgehead atoms. The van der Waals surface area contributed by atoms with E-state index >= 15 is 0 Å². The van der Waals surface area contributed by atoms with E-state index in [2.05, 4.69) is 0 Å². The molecule has 10 heavy (non-hydrogen) atoms. The van der Waals surface area contributed by atoms with Crippen molar-refractivity contribution in [1.29, 1.82) is 0 Å². The van der Waals surface area contributed by atoms with E-state index in [0.717, 1.165) is 26.1 Å². The predicted molar refractivity (Wildman–Crippen MR) is 42.0 cm³/mol. The quantitative estimate of drug-likeness (QED) is 0.606. The van der Waals surface area contributed by atoms with Crippen molar-refractivity contribution in [3.63, 3.8) is 0 Å². The highest BCUT2D eigenvalue weighted by atomic mass is 16.5. The second-order valence-electron chi connectivity index (χ2n) is 2.24. The minimum Gasteiger partial charge on any atom is -0.396 e. The van der Waals surface area contributed by atoms with Crippen molar-refractivity contribution in [2.75, 3.05) is 19.8 Å². The Bertz CT molecular complexity index is 58.3. The molecule has 1 heterocycles. The second-order valence-corrected chi connectivity index (χ2v) is 2.24. The van der Waals surface area contributed by atoms with Gasteiger partial charge in [0.2, 0.25) is 0 Å². The van der Waals surface area contributed by atoms with Crippen molar-refractivity contribution in [3.05, 3.63) is 0 Å². The van der Waals surface area contributed by atoms with E-state index in [9.17, 15) is 0 Å². The van der Waals surface area contributed by atoms with Crippen molar-refractivity contribution >= 4 is 0 Å². The lowest BCUT2D eigenvalue weighted by atomic mass is 10.0. The normalized spacial score (nSPS) is 19.5. The molecule has 2 nitrogen and oxygen atoms in total. The highest BCUT2D eigenvalue weighted by Gasteiger charge is 2.11. The molecule has 0 atom stereocenters. The third-order valence-electron chi connectivity index (χ3n) is 1.60. The van der Waals surface area contributed by atoms with E-state index in [4.69, 9.17) is 9.84 Å². The maximum atomic E-state index is 8.64. The summed E-state index contributed by atoms with van der Waals surface area (Å²) in [6, 6.07) is 0. The van der Waals surface area contributed by atoms with Crippen LogP contribution in [0, 0.1) is 5.92 Å². The zero-order chi connectivity index (χ0) is 7.82. The van der Waals surface area contributed by atoms with Gasteiger partial charge in [-0.25, -0.2) is 0 Å². The van der Waals surface area contributed by atoms with Crippen molar-refractivity contribution in [2.45, 2.75) is 26.7 Å². The molecule has 0 aromatic rings. The number of aliphatic hydroxyl groups is 1. The van der Waals surface area contributed by atoms with Crippen LogP contribution < -0.4 is 0 Å². The summed E-state index contributed by atoms with van der Waals surface area (Å²) in [4.78, 5) is 0. The van der Waals surface area contributed by atoms with E-state index in [1.807, 2.05) is 13.8 Å². The zero-order valence-electron chi connectivity index (χ0n) is 6.97. The fourth-order valence-corrected chi connectivity index (χ4v) is 0.929. The molecule has 1 rings (SSSR count). The van der Waals surface area contributed by atoms with Gasteiger partial charge in [-0.15, -0.1) is 0 Å². The van der Waals surface area contributed by atoms with Gasteiger partial charge in [-0.05, 0) is 18.8 Å². The molecular weight excluding hydrogens is 128 g/mol. The fraction of sp³-hybridized carbons (Fsp3) is 1.00. The summed E-state index contributed by atoms with van der Waals surface area (Å²) in [6.45, 7) is 6.01. The summed E-state index contributed by atoms with van der Waals surface area (Å²) in [7, 11) is 0. The standard InChI is InChI=1S/C6H12O2.C2H6/c7-5-6-1-3-8-4-2-6;1-2/h6-7H,1-5H2;1-2H3. The Hall–Kier alpha value is -0.0800. The molecule has 1 saturated heterocycles. The summed E-state index contributed by atoms with van der Waals surface area (Å²) < 4.78 is 5.09. The van der Waals surface area contributed by atoms with Gasteiger partial charge in [0.25, 0.3) is 0 Å². The van der Waals surface area contributed by atoms with Gasteiger partial charge in [-0.2, -0.15) is 0 Å². The summed E-state index contributed by atoms with van der Waals surface area (Å²) >= 11 is 0. The summed E-state index contributed by atoms with van der Waals surface area (Å²) in [5.74, 6) is 0.517. The number of hydrogen-bond acceptors (Lipinski definition) is 2. The van der Waals surface area contributed by atoms with E-state index in [1.54, 1.807) is 0 Å². The maximum absolute atomic E-state index is 8.64. The summed E-state index contributed by atoms with van der Waals surface area (Å²) in [5.41, 5.74) is 0. The van der Waals surface area contributed by atoms with Crippen LogP contribution in [0.15, 0.2) is 0 Å². The van der Waals surface area contributed by atoms with Crippen LogP contribution in [0.3, 0.4) is 0 Å². The van der Waals surface area contributed by atoms with Crippen molar-refractivity contribution in [3.8, 4) is 0 Å². The van der Waals surface area contributed by atoms with Gasteiger partial charge in [0.1, 0.15) is 0 Å². The van der Waals surface area contributed by atoms with Crippen molar-refractivity contribution in [1.82, 2.24) is 0 Å². The number of hydrogen-bond donors (Lipinski definition) is 1. The molecule has 0 aliphatic carbocycles. The molecule has 0 unspecified atom stereocenters. The Morgan fingerprint density at radius 2 is 1.80 bits per heavy atom. The van der Waals surface area contributed by atoms with Crippen LogP contribution in [-0.2, 0) is 4.74 Å². The molecular formula is C8H18O2. The number of rotatable bonds is 1. The lowest BCUT2D eigenvalue weighted by Crippen LogP contribution is -2.18. The third kappa shape index (κ3) is 3.85. The highest BCUT2D eigenvalue weighted by Crippen LogP contribution is 2.12. The average molecular weight is 146 g/mol. The fourth-order valence-electron chi connectivity index (χ4n) is 0.929. The van der Waals surface area contributed by atoms with Gasteiger partial charge in [-0.3, -0.25) is 0 Å². The first kappa shape index (κ1) is 9.92. The molecule has 0 spiro atoms. The lowest BCUT2D eigenvalue weighted by molar-refractivity contribution is 0.0455. The lowest BCUT2D eigenvalue weighted by Gasteiger charge is -2.18. The Morgan fingerprint density at radius 3 is 2.10 bits per heavy atom. The highest BCUT2D eigenvalue weighted by molar-refractivity contribution is 4.60. The first-order chi connectivity index (χ1) is 4.93. The second kappa shape index (κ2) is 7.03. The van der Waals surface area contributed by atoms with E-state index in [1.165, 1.54) is 0 Å². The topological polar surface area (TPSA) is 29.5 Å². The van der Waals surface area contributed by atoms with Crippen LogP contribution in [0.4, 0.5) is 0 Å². The minimum atomic E-state index is 0.337.